The lowest BCUT2D eigenvalue weighted by molar-refractivity contribution is 0.268. The van der Waals surface area contributed by atoms with E-state index in [1.54, 1.807) is 4.68 Å². The highest BCUT2D eigenvalue weighted by Gasteiger charge is 2.15. The fraction of sp³-hybridized carbons (Fsp3) is 0.273. The van der Waals surface area contributed by atoms with Gasteiger partial charge in [0.25, 0.3) is 0 Å². The maximum absolute atomic E-state index is 9.26. The van der Waals surface area contributed by atoms with E-state index < -0.39 is 0 Å². The molecule has 0 aliphatic carbocycles. The van der Waals surface area contributed by atoms with Gasteiger partial charge >= 0.3 is 0 Å². The van der Waals surface area contributed by atoms with Crippen molar-refractivity contribution in [2.24, 2.45) is 0 Å². The fourth-order valence-corrected chi connectivity index (χ4v) is 2.13. The first-order valence-corrected chi connectivity index (χ1v) is 5.96. The molecule has 1 aromatic carbocycles. The normalized spacial score (nSPS) is 10.8. The summed E-state index contributed by atoms with van der Waals surface area (Å²) in [5.74, 6) is 0. The molecule has 0 spiro atoms. The maximum atomic E-state index is 9.26. The van der Waals surface area contributed by atoms with E-state index in [0.29, 0.717) is 12.2 Å². The molecule has 0 amide bonds. The maximum Gasteiger partial charge on any atom is 0.116 e. The van der Waals surface area contributed by atoms with Crippen LogP contribution in [0, 0.1) is 0 Å². The van der Waals surface area contributed by atoms with Crippen LogP contribution in [0.3, 0.4) is 0 Å². The van der Waals surface area contributed by atoms with E-state index in [2.05, 4.69) is 26.2 Å². The standard InChI is InChI=1S/C11H12BrN3O2/c12-9-4-2-1-3-8(9)11-10(7-17)13-14-15(11)5-6-16/h1-4,16-17H,5-7H2. The van der Waals surface area contributed by atoms with Crippen LogP contribution >= 0.6 is 15.9 Å². The molecular formula is C11H12BrN3O2. The van der Waals surface area contributed by atoms with Crippen LogP contribution in [0.2, 0.25) is 0 Å². The molecule has 1 heterocycles. The van der Waals surface area contributed by atoms with Crippen molar-refractivity contribution in [2.45, 2.75) is 13.2 Å². The van der Waals surface area contributed by atoms with Crippen LogP contribution < -0.4 is 0 Å². The zero-order chi connectivity index (χ0) is 12.3. The van der Waals surface area contributed by atoms with E-state index in [9.17, 15) is 5.11 Å². The van der Waals surface area contributed by atoms with Crippen molar-refractivity contribution in [3.63, 3.8) is 0 Å². The Bertz CT molecular complexity index is 513. The quantitative estimate of drug-likeness (QED) is 0.889. The van der Waals surface area contributed by atoms with Crippen molar-refractivity contribution >= 4 is 15.9 Å². The predicted molar refractivity (Wildman–Crippen MR) is 66.2 cm³/mol. The molecule has 1 aromatic heterocycles. The highest BCUT2D eigenvalue weighted by molar-refractivity contribution is 9.10. The van der Waals surface area contributed by atoms with Gasteiger partial charge in [-0.2, -0.15) is 0 Å². The van der Waals surface area contributed by atoms with E-state index in [0.717, 1.165) is 15.7 Å². The SMILES string of the molecule is OCCn1nnc(CO)c1-c1ccccc1Br. The van der Waals surface area contributed by atoms with Crippen LogP contribution in [0.5, 0.6) is 0 Å². The molecule has 0 saturated heterocycles. The van der Waals surface area contributed by atoms with E-state index >= 15 is 0 Å². The Kier molecular flexibility index (Phi) is 3.88. The summed E-state index contributed by atoms with van der Waals surface area (Å²) in [4.78, 5) is 0. The van der Waals surface area contributed by atoms with Crippen molar-refractivity contribution in [3.8, 4) is 11.3 Å². The average molecular weight is 298 g/mol. The zero-order valence-electron chi connectivity index (χ0n) is 9.04. The highest BCUT2D eigenvalue weighted by atomic mass is 79.9. The molecule has 6 heteroatoms. The molecule has 2 rings (SSSR count). The van der Waals surface area contributed by atoms with Gasteiger partial charge in [0, 0.05) is 10.0 Å². The summed E-state index contributed by atoms with van der Waals surface area (Å²) in [5, 5.41) is 26.1. The summed E-state index contributed by atoms with van der Waals surface area (Å²) in [6, 6.07) is 7.63. The summed E-state index contributed by atoms with van der Waals surface area (Å²) in [6.07, 6.45) is 0. The van der Waals surface area contributed by atoms with Crippen LogP contribution in [-0.4, -0.2) is 31.8 Å². The number of aliphatic hydroxyl groups is 2. The molecule has 0 bridgehead atoms. The van der Waals surface area contributed by atoms with Crippen LogP contribution in [0.1, 0.15) is 5.69 Å². The Morgan fingerprint density at radius 2 is 2.00 bits per heavy atom. The first-order chi connectivity index (χ1) is 8.27. The van der Waals surface area contributed by atoms with E-state index in [-0.39, 0.29) is 13.2 Å². The molecule has 0 unspecified atom stereocenters. The summed E-state index contributed by atoms with van der Waals surface area (Å²) >= 11 is 3.45. The first kappa shape index (κ1) is 12.2. The van der Waals surface area contributed by atoms with Crippen LogP contribution in [0.25, 0.3) is 11.3 Å². The Hall–Kier alpha value is -1.24. The zero-order valence-corrected chi connectivity index (χ0v) is 10.6. The number of rotatable bonds is 4. The van der Waals surface area contributed by atoms with Gasteiger partial charge in [0.15, 0.2) is 0 Å². The molecule has 0 saturated carbocycles. The van der Waals surface area contributed by atoms with Gasteiger partial charge in [0.1, 0.15) is 5.69 Å². The molecule has 0 aliphatic heterocycles. The summed E-state index contributed by atoms with van der Waals surface area (Å²) in [7, 11) is 0. The smallest absolute Gasteiger partial charge is 0.116 e. The molecule has 0 fully saturated rings. The van der Waals surface area contributed by atoms with Crippen molar-refractivity contribution in [1.29, 1.82) is 0 Å². The third-order valence-electron chi connectivity index (χ3n) is 2.40. The second-order valence-electron chi connectivity index (χ2n) is 3.47. The van der Waals surface area contributed by atoms with Crippen LogP contribution in [0.15, 0.2) is 28.7 Å². The predicted octanol–water partition coefficient (Wildman–Crippen LogP) is 1.19. The topological polar surface area (TPSA) is 71.2 Å². The highest BCUT2D eigenvalue weighted by Crippen LogP contribution is 2.29. The fourth-order valence-electron chi connectivity index (χ4n) is 1.65. The van der Waals surface area contributed by atoms with Gasteiger partial charge in [-0.05, 0) is 6.07 Å². The van der Waals surface area contributed by atoms with Crippen molar-refractivity contribution in [1.82, 2.24) is 15.0 Å². The van der Waals surface area contributed by atoms with E-state index in [1.165, 1.54) is 0 Å². The molecular weight excluding hydrogens is 286 g/mol. The number of halogens is 1. The second kappa shape index (κ2) is 5.39. The number of nitrogens with zero attached hydrogens (tertiary/aromatic N) is 3. The largest absolute Gasteiger partial charge is 0.394 e. The Morgan fingerprint density at radius 3 is 2.65 bits per heavy atom. The first-order valence-electron chi connectivity index (χ1n) is 5.17. The van der Waals surface area contributed by atoms with Gasteiger partial charge < -0.3 is 10.2 Å². The molecule has 0 radical (unpaired) electrons. The second-order valence-corrected chi connectivity index (χ2v) is 4.32. The lowest BCUT2D eigenvalue weighted by Gasteiger charge is -2.08. The van der Waals surface area contributed by atoms with Crippen molar-refractivity contribution in [2.75, 3.05) is 6.61 Å². The Labute approximate surface area is 107 Å². The lowest BCUT2D eigenvalue weighted by Crippen LogP contribution is -2.06. The average Bonchev–Trinajstić information content (AvgIpc) is 2.73. The molecule has 90 valence electrons. The summed E-state index contributed by atoms with van der Waals surface area (Å²) in [6.45, 7) is 0.150. The van der Waals surface area contributed by atoms with Crippen molar-refractivity contribution in [3.05, 3.63) is 34.4 Å². The summed E-state index contributed by atoms with van der Waals surface area (Å²) in [5.41, 5.74) is 2.13. The molecule has 0 atom stereocenters. The third-order valence-corrected chi connectivity index (χ3v) is 3.09. The van der Waals surface area contributed by atoms with Gasteiger partial charge in [0.05, 0.1) is 25.5 Å². The van der Waals surface area contributed by atoms with E-state index in [4.69, 9.17) is 5.11 Å². The lowest BCUT2D eigenvalue weighted by atomic mass is 10.1. The summed E-state index contributed by atoms with van der Waals surface area (Å²) < 4.78 is 2.49. The van der Waals surface area contributed by atoms with Gasteiger partial charge in [0.2, 0.25) is 0 Å². The van der Waals surface area contributed by atoms with Crippen LogP contribution in [-0.2, 0) is 13.2 Å². The molecule has 0 aliphatic rings. The molecule has 5 nitrogen and oxygen atoms in total. The molecule has 2 N–H and O–H groups in total. The Morgan fingerprint density at radius 1 is 1.24 bits per heavy atom. The Balaban J connectivity index is 2.56. The minimum absolute atomic E-state index is 0.0221. The van der Waals surface area contributed by atoms with E-state index in [1.807, 2.05) is 24.3 Å². The number of hydrogen-bond donors (Lipinski definition) is 2. The third kappa shape index (κ3) is 2.38. The number of aromatic nitrogens is 3. The minimum atomic E-state index is -0.178. The number of benzene rings is 1. The van der Waals surface area contributed by atoms with Gasteiger partial charge in [-0.15, -0.1) is 5.10 Å². The van der Waals surface area contributed by atoms with Gasteiger partial charge in [-0.25, -0.2) is 4.68 Å². The van der Waals surface area contributed by atoms with Gasteiger partial charge in [-0.1, -0.05) is 39.3 Å². The monoisotopic (exact) mass is 297 g/mol. The molecule has 2 aromatic rings. The number of hydrogen-bond acceptors (Lipinski definition) is 4. The van der Waals surface area contributed by atoms with Crippen LogP contribution in [0.4, 0.5) is 0 Å². The molecule has 17 heavy (non-hydrogen) atoms. The number of aliphatic hydroxyl groups excluding tert-OH is 2. The van der Waals surface area contributed by atoms with Crippen molar-refractivity contribution < 1.29 is 10.2 Å². The minimum Gasteiger partial charge on any atom is -0.394 e. The van der Waals surface area contributed by atoms with Gasteiger partial charge in [-0.3, -0.25) is 0 Å².